The predicted octanol–water partition coefficient (Wildman–Crippen LogP) is 6.14. The molecule has 5 aromatic rings. The molecule has 4 heterocycles. The number of aryl methyl sites for hydroxylation is 3. The Bertz CT molecular complexity index is 2030. The molecule has 0 saturated carbocycles. The number of fused-ring (bicyclic) bond motifs is 5. The Hall–Kier alpha value is -4.63. The molecule has 0 N–H and O–H groups in total. The molecule has 0 aliphatic carbocycles. The monoisotopic (exact) mass is 576 g/mol. The molecule has 0 fully saturated rings. The second-order valence-corrected chi connectivity index (χ2v) is 12.4. The highest BCUT2D eigenvalue weighted by Crippen LogP contribution is 2.54. The molecule has 1 atom stereocenters. The van der Waals surface area contributed by atoms with Gasteiger partial charge in [0, 0.05) is 11.5 Å². The van der Waals surface area contributed by atoms with Crippen molar-refractivity contribution >= 4 is 44.9 Å². The van der Waals surface area contributed by atoms with Crippen molar-refractivity contribution in [2.24, 2.45) is 0 Å². The molecule has 0 radical (unpaired) electrons. The summed E-state index contributed by atoms with van der Waals surface area (Å²) >= 11 is 1.24. The van der Waals surface area contributed by atoms with Gasteiger partial charge in [-0.2, -0.15) is 0 Å². The molecule has 1 spiro atoms. The lowest BCUT2D eigenvalue weighted by atomic mass is 9.84. The maximum Gasteiger partial charge on any atom is 0.297 e. The minimum Gasteiger partial charge on any atom is -0.450 e. The molecule has 42 heavy (non-hydrogen) atoms. The molecule has 210 valence electrons. The first-order valence-corrected chi connectivity index (χ1v) is 14.7. The first kappa shape index (κ1) is 26.3. The molecule has 0 bridgehead atoms. The fraction of sp³-hybridized carbons (Fsp3) is 0.242. The van der Waals surface area contributed by atoms with Crippen LogP contribution in [0.3, 0.4) is 0 Å². The molecule has 0 saturated heterocycles. The van der Waals surface area contributed by atoms with E-state index in [1.165, 1.54) is 16.2 Å². The van der Waals surface area contributed by atoms with Crippen LogP contribution in [-0.4, -0.2) is 22.0 Å². The highest BCUT2D eigenvalue weighted by atomic mass is 32.1. The number of aromatic nitrogens is 2. The highest BCUT2D eigenvalue weighted by molar-refractivity contribution is 7.15. The smallest absolute Gasteiger partial charge is 0.297 e. The van der Waals surface area contributed by atoms with Crippen molar-refractivity contribution in [1.29, 1.82) is 0 Å². The van der Waals surface area contributed by atoms with Gasteiger partial charge in [-0.1, -0.05) is 73.2 Å². The van der Waals surface area contributed by atoms with Gasteiger partial charge in [-0.15, -0.1) is 10.2 Å². The van der Waals surface area contributed by atoms with E-state index in [0.29, 0.717) is 22.2 Å². The van der Waals surface area contributed by atoms with E-state index >= 15 is 4.79 Å². The van der Waals surface area contributed by atoms with Crippen LogP contribution in [0.5, 0.6) is 0 Å². The highest BCUT2D eigenvalue weighted by Gasteiger charge is 2.66. The molecule has 8 nitrogen and oxygen atoms in total. The lowest BCUT2D eigenvalue weighted by Crippen LogP contribution is -2.53. The van der Waals surface area contributed by atoms with E-state index in [1.54, 1.807) is 17.0 Å². The molecule has 3 aromatic carbocycles. The average molecular weight is 577 g/mol. The van der Waals surface area contributed by atoms with Gasteiger partial charge in [0.2, 0.25) is 10.9 Å². The molecule has 2 aromatic heterocycles. The van der Waals surface area contributed by atoms with Gasteiger partial charge in [0.15, 0.2) is 11.0 Å². The summed E-state index contributed by atoms with van der Waals surface area (Å²) in [4.78, 5) is 47.0. The van der Waals surface area contributed by atoms with Gasteiger partial charge in [0.05, 0.1) is 23.2 Å². The van der Waals surface area contributed by atoms with Crippen molar-refractivity contribution in [1.82, 2.24) is 10.2 Å². The number of amides is 2. The van der Waals surface area contributed by atoms with E-state index in [9.17, 15) is 9.59 Å². The molecule has 2 aliphatic rings. The largest absolute Gasteiger partial charge is 0.450 e. The van der Waals surface area contributed by atoms with Gasteiger partial charge in [-0.3, -0.25) is 19.3 Å². The first-order chi connectivity index (χ1) is 20.1. The SMILES string of the molecule is Cc1cccc(CN2C(=O)C3(c4ccccc42)c2c(oc4cc(C)c(C)cc4c2=O)C(=O)N3c2nnc(C(C)C)s2)c1. The van der Waals surface area contributed by atoms with Gasteiger partial charge in [-0.05, 0) is 55.7 Å². The topological polar surface area (TPSA) is 96.6 Å². The summed E-state index contributed by atoms with van der Waals surface area (Å²) < 4.78 is 6.25. The minimum atomic E-state index is -1.80. The van der Waals surface area contributed by atoms with E-state index in [2.05, 4.69) is 10.2 Å². The first-order valence-electron chi connectivity index (χ1n) is 13.9. The molecule has 2 aliphatic heterocycles. The number of para-hydroxylation sites is 1. The Kier molecular flexibility index (Phi) is 5.75. The lowest BCUT2D eigenvalue weighted by Gasteiger charge is -2.32. The Morgan fingerprint density at radius 1 is 0.929 bits per heavy atom. The zero-order valence-corrected chi connectivity index (χ0v) is 24.7. The fourth-order valence-corrected chi connectivity index (χ4v) is 7.02. The molecule has 9 heteroatoms. The average Bonchev–Trinajstić information content (AvgIpc) is 3.61. The van der Waals surface area contributed by atoms with Crippen molar-refractivity contribution < 1.29 is 14.0 Å². The van der Waals surface area contributed by atoms with Crippen molar-refractivity contribution in [3.8, 4) is 0 Å². The summed E-state index contributed by atoms with van der Waals surface area (Å²) in [5.41, 5.74) is 3.13. The van der Waals surface area contributed by atoms with E-state index in [4.69, 9.17) is 4.42 Å². The Morgan fingerprint density at radius 2 is 1.69 bits per heavy atom. The van der Waals surface area contributed by atoms with E-state index in [0.717, 1.165) is 27.3 Å². The number of hydrogen-bond donors (Lipinski definition) is 0. The van der Waals surface area contributed by atoms with Gasteiger partial charge >= 0.3 is 0 Å². The van der Waals surface area contributed by atoms with Gasteiger partial charge in [-0.25, -0.2) is 0 Å². The van der Waals surface area contributed by atoms with Crippen LogP contribution in [0, 0.1) is 20.8 Å². The van der Waals surface area contributed by atoms with E-state index < -0.39 is 22.8 Å². The summed E-state index contributed by atoms with van der Waals surface area (Å²) in [6.45, 7) is 10.1. The van der Waals surface area contributed by atoms with Crippen LogP contribution in [0.4, 0.5) is 10.8 Å². The molecule has 2 amide bonds. The maximum atomic E-state index is 15.0. The lowest BCUT2D eigenvalue weighted by molar-refractivity contribution is -0.121. The van der Waals surface area contributed by atoms with Crippen LogP contribution in [-0.2, 0) is 16.9 Å². The minimum absolute atomic E-state index is 0.0220. The number of anilines is 2. The fourth-order valence-electron chi connectivity index (χ4n) is 6.12. The Labute approximate surface area is 246 Å². The second kappa shape index (κ2) is 9.19. The summed E-state index contributed by atoms with van der Waals surface area (Å²) in [7, 11) is 0. The number of carbonyl (C=O) groups is 2. The normalized spacial score (nSPS) is 17.7. The maximum absolute atomic E-state index is 15.0. The molecule has 1 unspecified atom stereocenters. The summed E-state index contributed by atoms with van der Waals surface area (Å²) in [6.07, 6.45) is 0. The number of carbonyl (C=O) groups excluding carboxylic acids is 2. The van der Waals surface area contributed by atoms with E-state index in [1.807, 2.05) is 83.1 Å². The van der Waals surface area contributed by atoms with Crippen LogP contribution in [0.15, 0.2) is 69.9 Å². The third kappa shape index (κ3) is 3.49. The molecule has 7 rings (SSSR count). The molecular weight excluding hydrogens is 548 g/mol. The van der Waals surface area contributed by atoms with Crippen LogP contribution < -0.4 is 15.2 Å². The van der Waals surface area contributed by atoms with Gasteiger partial charge in [0.1, 0.15) is 10.6 Å². The summed E-state index contributed by atoms with van der Waals surface area (Å²) in [5, 5.41) is 10.0. The summed E-state index contributed by atoms with van der Waals surface area (Å²) in [5.74, 6) is -1.08. The van der Waals surface area contributed by atoms with Crippen LogP contribution in [0.25, 0.3) is 11.0 Å². The van der Waals surface area contributed by atoms with Crippen molar-refractivity contribution in [3.05, 3.63) is 115 Å². The summed E-state index contributed by atoms with van der Waals surface area (Å²) in [6, 6.07) is 18.8. The van der Waals surface area contributed by atoms with Gasteiger partial charge in [0.25, 0.3) is 11.8 Å². The Morgan fingerprint density at radius 3 is 2.43 bits per heavy atom. The van der Waals surface area contributed by atoms with Crippen LogP contribution in [0.1, 0.15) is 68.7 Å². The third-order valence-electron chi connectivity index (χ3n) is 8.28. The zero-order valence-electron chi connectivity index (χ0n) is 23.9. The van der Waals surface area contributed by atoms with Gasteiger partial charge < -0.3 is 9.32 Å². The third-order valence-corrected chi connectivity index (χ3v) is 9.49. The number of hydrogen-bond acceptors (Lipinski definition) is 7. The van der Waals surface area contributed by atoms with Crippen LogP contribution in [0.2, 0.25) is 0 Å². The van der Waals surface area contributed by atoms with Crippen molar-refractivity contribution in [2.75, 3.05) is 9.80 Å². The quantitative estimate of drug-likeness (QED) is 0.255. The second-order valence-electron chi connectivity index (χ2n) is 11.4. The number of benzene rings is 3. The van der Waals surface area contributed by atoms with E-state index in [-0.39, 0.29) is 28.9 Å². The molecular formula is C33H28N4O4S. The van der Waals surface area contributed by atoms with Crippen molar-refractivity contribution in [2.45, 2.75) is 52.6 Å². The van der Waals surface area contributed by atoms with Crippen LogP contribution >= 0.6 is 11.3 Å². The predicted molar refractivity (Wildman–Crippen MR) is 162 cm³/mol. The standard InChI is InChI=1S/C33H28N4O4S/c1-17(2)29-34-35-32(42-29)37-30(39)28-26(27(38)22-14-19(4)20(5)15-25(22)41-28)33(37)23-11-6-7-12-24(23)36(31(33)40)16-21-10-8-9-18(3)13-21/h6-15,17H,16H2,1-5H3. The zero-order chi connectivity index (χ0) is 29.5. The van der Waals surface area contributed by atoms with Crippen molar-refractivity contribution in [3.63, 3.8) is 0 Å². The number of rotatable bonds is 4. The number of nitrogens with zero attached hydrogens (tertiary/aromatic N) is 4. The Balaban J connectivity index is 1.56.